The summed E-state index contributed by atoms with van der Waals surface area (Å²) in [4.78, 5) is 7.21. The molecule has 18 heavy (non-hydrogen) atoms. The minimum atomic E-state index is 0.186. The third-order valence-electron chi connectivity index (χ3n) is 4.11. The van der Waals surface area contributed by atoms with Gasteiger partial charge in [-0.25, -0.2) is 0 Å². The normalized spacial score (nSPS) is 17.9. The second-order valence-corrected chi connectivity index (χ2v) is 6.26. The Bertz CT molecular complexity index is 361. The molecule has 1 fully saturated rings. The van der Waals surface area contributed by atoms with Crippen LogP contribution in [0.15, 0.2) is 18.3 Å². The van der Waals surface area contributed by atoms with E-state index in [4.69, 9.17) is 0 Å². The van der Waals surface area contributed by atoms with Crippen molar-refractivity contribution in [1.82, 2.24) is 9.88 Å². The molecule has 1 aliphatic rings. The van der Waals surface area contributed by atoms with Crippen molar-refractivity contribution in [2.24, 2.45) is 0 Å². The summed E-state index contributed by atoms with van der Waals surface area (Å²) < 4.78 is 0. The molecule has 0 amide bonds. The molecule has 1 aromatic heterocycles. The third-order valence-corrected chi connectivity index (χ3v) is 4.11. The van der Waals surface area contributed by atoms with Crippen molar-refractivity contribution in [1.29, 1.82) is 0 Å². The molecule has 2 heterocycles. The van der Waals surface area contributed by atoms with Crippen LogP contribution in [0.5, 0.6) is 0 Å². The van der Waals surface area contributed by atoms with Gasteiger partial charge in [0.25, 0.3) is 0 Å². The molecule has 0 atom stereocenters. The molecule has 1 aromatic rings. The second kappa shape index (κ2) is 5.83. The lowest BCUT2D eigenvalue weighted by atomic mass is 9.84. The Balaban J connectivity index is 1.91. The molecule has 1 saturated heterocycles. The predicted octanol–water partition coefficient (Wildman–Crippen LogP) is 3.54. The van der Waals surface area contributed by atoms with E-state index in [1.807, 2.05) is 6.20 Å². The van der Waals surface area contributed by atoms with E-state index >= 15 is 0 Å². The highest BCUT2D eigenvalue weighted by molar-refractivity contribution is 5.18. The minimum absolute atomic E-state index is 0.186. The lowest BCUT2D eigenvalue weighted by molar-refractivity contribution is 0.209. The Morgan fingerprint density at radius 1 is 1.17 bits per heavy atom. The average Bonchev–Trinajstić information content (AvgIpc) is 2.38. The molecular weight excluding hydrogens is 220 g/mol. The van der Waals surface area contributed by atoms with Gasteiger partial charge in [-0.3, -0.25) is 4.98 Å². The molecule has 0 bridgehead atoms. The van der Waals surface area contributed by atoms with Crippen LogP contribution in [-0.2, 0) is 5.41 Å². The van der Waals surface area contributed by atoms with Crippen LogP contribution in [0.1, 0.15) is 50.8 Å². The number of hydrogen-bond donors (Lipinski definition) is 0. The average molecular weight is 246 g/mol. The van der Waals surface area contributed by atoms with Gasteiger partial charge in [-0.15, -0.1) is 0 Å². The van der Waals surface area contributed by atoms with Crippen LogP contribution in [0.2, 0.25) is 0 Å². The van der Waals surface area contributed by atoms with Crippen molar-refractivity contribution >= 4 is 0 Å². The van der Waals surface area contributed by atoms with Gasteiger partial charge in [0.1, 0.15) is 0 Å². The smallest absolute Gasteiger partial charge is 0.0460 e. The molecule has 1 aliphatic heterocycles. The summed E-state index contributed by atoms with van der Waals surface area (Å²) in [5, 5.41) is 0. The maximum Gasteiger partial charge on any atom is 0.0460 e. The van der Waals surface area contributed by atoms with Gasteiger partial charge >= 0.3 is 0 Å². The maximum absolute atomic E-state index is 4.60. The topological polar surface area (TPSA) is 16.1 Å². The van der Waals surface area contributed by atoms with Gasteiger partial charge in [0.05, 0.1) is 0 Å². The number of pyridine rings is 1. The maximum atomic E-state index is 4.60. The van der Waals surface area contributed by atoms with Crippen LogP contribution in [-0.4, -0.2) is 29.5 Å². The first-order chi connectivity index (χ1) is 8.58. The summed E-state index contributed by atoms with van der Waals surface area (Å²) in [7, 11) is 0. The van der Waals surface area contributed by atoms with E-state index in [-0.39, 0.29) is 5.41 Å². The molecule has 0 N–H and O–H groups in total. The van der Waals surface area contributed by atoms with Crippen LogP contribution in [0.25, 0.3) is 0 Å². The fourth-order valence-corrected chi connectivity index (χ4v) is 2.62. The van der Waals surface area contributed by atoms with Crippen LogP contribution in [0, 0.1) is 6.92 Å². The van der Waals surface area contributed by atoms with Gasteiger partial charge < -0.3 is 4.90 Å². The van der Waals surface area contributed by atoms with Crippen molar-refractivity contribution in [2.75, 3.05) is 19.6 Å². The van der Waals surface area contributed by atoms with Gasteiger partial charge in [0.2, 0.25) is 0 Å². The quantitative estimate of drug-likeness (QED) is 0.807. The first-order valence-corrected chi connectivity index (χ1v) is 7.23. The zero-order valence-corrected chi connectivity index (χ0v) is 12.1. The first kappa shape index (κ1) is 13.5. The van der Waals surface area contributed by atoms with E-state index in [9.17, 15) is 0 Å². The summed E-state index contributed by atoms with van der Waals surface area (Å²) in [6.07, 6.45) is 7.35. The summed E-state index contributed by atoms with van der Waals surface area (Å²) in [5.74, 6) is 0. The van der Waals surface area contributed by atoms with Gasteiger partial charge in [0.15, 0.2) is 0 Å². The molecule has 0 aromatic carbocycles. The number of rotatable bonds is 4. The van der Waals surface area contributed by atoms with E-state index in [1.54, 1.807) is 0 Å². The van der Waals surface area contributed by atoms with E-state index in [0.717, 1.165) is 0 Å². The van der Waals surface area contributed by atoms with Crippen molar-refractivity contribution < 1.29 is 0 Å². The third kappa shape index (κ3) is 3.55. The van der Waals surface area contributed by atoms with Gasteiger partial charge in [-0.05, 0) is 57.5 Å². The molecule has 2 heteroatoms. The Labute approximate surface area is 111 Å². The summed E-state index contributed by atoms with van der Waals surface area (Å²) in [6, 6.07) is 4.36. The molecule has 2 nitrogen and oxygen atoms in total. The number of nitrogens with zero attached hydrogens (tertiary/aromatic N) is 2. The zero-order chi connectivity index (χ0) is 13.0. The fraction of sp³-hybridized carbons (Fsp3) is 0.688. The Morgan fingerprint density at radius 3 is 2.50 bits per heavy atom. The van der Waals surface area contributed by atoms with Crippen LogP contribution < -0.4 is 0 Å². The largest absolute Gasteiger partial charge is 0.303 e. The van der Waals surface area contributed by atoms with Gasteiger partial charge in [-0.2, -0.15) is 0 Å². The summed E-state index contributed by atoms with van der Waals surface area (Å²) in [6.45, 7) is 10.5. The number of hydrogen-bond acceptors (Lipinski definition) is 2. The van der Waals surface area contributed by atoms with E-state index in [1.165, 1.54) is 56.6 Å². The standard InChI is InChI=1S/C16H26N2/c1-14-7-8-15(17-13-14)16(2,3)9-12-18-10-5-4-6-11-18/h7-8,13H,4-6,9-12H2,1-3H3. The predicted molar refractivity (Wildman–Crippen MR) is 76.9 cm³/mol. The van der Waals surface area contributed by atoms with Crippen LogP contribution in [0.3, 0.4) is 0 Å². The number of aryl methyl sites for hydroxylation is 1. The fourth-order valence-electron chi connectivity index (χ4n) is 2.62. The monoisotopic (exact) mass is 246 g/mol. The van der Waals surface area contributed by atoms with Crippen molar-refractivity contribution in [3.63, 3.8) is 0 Å². The molecule has 0 saturated carbocycles. The second-order valence-electron chi connectivity index (χ2n) is 6.26. The molecule has 2 rings (SSSR count). The highest BCUT2D eigenvalue weighted by Crippen LogP contribution is 2.26. The lowest BCUT2D eigenvalue weighted by Crippen LogP contribution is -2.34. The molecule has 0 aliphatic carbocycles. The van der Waals surface area contributed by atoms with Crippen molar-refractivity contribution in [3.05, 3.63) is 29.6 Å². The van der Waals surface area contributed by atoms with Crippen LogP contribution in [0.4, 0.5) is 0 Å². The summed E-state index contributed by atoms with van der Waals surface area (Å²) in [5.41, 5.74) is 2.65. The van der Waals surface area contributed by atoms with Gasteiger partial charge in [-0.1, -0.05) is 26.3 Å². The van der Waals surface area contributed by atoms with Crippen LogP contribution >= 0.6 is 0 Å². The van der Waals surface area contributed by atoms with E-state index < -0.39 is 0 Å². The molecule has 0 spiro atoms. The molecule has 100 valence electrons. The van der Waals surface area contributed by atoms with Crippen molar-refractivity contribution in [2.45, 2.75) is 51.9 Å². The Hall–Kier alpha value is -0.890. The molecular formula is C16H26N2. The SMILES string of the molecule is Cc1ccc(C(C)(C)CCN2CCCCC2)nc1. The number of aromatic nitrogens is 1. The van der Waals surface area contributed by atoms with Crippen molar-refractivity contribution in [3.8, 4) is 0 Å². The molecule has 0 radical (unpaired) electrons. The Kier molecular flexibility index (Phi) is 4.39. The lowest BCUT2D eigenvalue weighted by Gasteiger charge is -2.31. The number of piperidine rings is 1. The highest BCUT2D eigenvalue weighted by atomic mass is 15.1. The first-order valence-electron chi connectivity index (χ1n) is 7.23. The van der Waals surface area contributed by atoms with E-state index in [2.05, 4.69) is 42.8 Å². The zero-order valence-electron chi connectivity index (χ0n) is 12.1. The minimum Gasteiger partial charge on any atom is -0.303 e. The highest BCUT2D eigenvalue weighted by Gasteiger charge is 2.23. The Morgan fingerprint density at radius 2 is 1.89 bits per heavy atom. The number of likely N-dealkylation sites (tertiary alicyclic amines) is 1. The summed E-state index contributed by atoms with van der Waals surface area (Å²) >= 11 is 0. The van der Waals surface area contributed by atoms with E-state index in [0.29, 0.717) is 0 Å². The van der Waals surface area contributed by atoms with Gasteiger partial charge in [0, 0.05) is 17.3 Å². The molecule has 0 unspecified atom stereocenters.